The fourth-order valence-corrected chi connectivity index (χ4v) is 1.18. The van der Waals surface area contributed by atoms with Gasteiger partial charge in [0.05, 0.1) is 5.69 Å². The summed E-state index contributed by atoms with van der Waals surface area (Å²) in [5.41, 5.74) is 6.71. The van der Waals surface area contributed by atoms with E-state index in [-0.39, 0.29) is 5.41 Å². The molecule has 0 atom stereocenters. The van der Waals surface area contributed by atoms with Crippen molar-refractivity contribution in [3.8, 4) is 0 Å². The maximum atomic E-state index is 5.79. The average Bonchev–Trinajstić information content (AvgIpc) is 2.45. The first-order valence-electron chi connectivity index (χ1n) is 4.44. The highest BCUT2D eigenvalue weighted by molar-refractivity contribution is 7.80. The zero-order chi connectivity index (χ0) is 10.9. The van der Waals surface area contributed by atoms with Gasteiger partial charge in [0.1, 0.15) is 5.82 Å². The van der Waals surface area contributed by atoms with Crippen LogP contribution in [0.2, 0.25) is 0 Å². The van der Waals surface area contributed by atoms with Crippen molar-refractivity contribution in [2.75, 3.05) is 12.8 Å². The summed E-state index contributed by atoms with van der Waals surface area (Å²) in [5.74, 6) is 0.564. The number of anilines is 1. The molecule has 1 aromatic rings. The van der Waals surface area contributed by atoms with Gasteiger partial charge in [0, 0.05) is 18.5 Å². The smallest absolute Gasteiger partial charge is 0.195 e. The van der Waals surface area contributed by atoms with Crippen molar-refractivity contribution in [3.63, 3.8) is 0 Å². The molecule has 0 aliphatic carbocycles. The predicted octanol–water partition coefficient (Wildman–Crippen LogP) is 1.12. The van der Waals surface area contributed by atoms with Crippen LogP contribution in [0.25, 0.3) is 0 Å². The Labute approximate surface area is 89.5 Å². The number of nitrogens with two attached hydrogens (primary N) is 1. The molecule has 0 fully saturated rings. The van der Waals surface area contributed by atoms with E-state index in [1.165, 1.54) is 4.68 Å². The van der Waals surface area contributed by atoms with E-state index >= 15 is 0 Å². The summed E-state index contributed by atoms with van der Waals surface area (Å²) in [6.07, 6.45) is 0. The van der Waals surface area contributed by atoms with E-state index in [4.69, 9.17) is 18.0 Å². The normalized spacial score (nSPS) is 11.4. The standard InChI is InChI=1S/C9H16N4S/c1-9(2,3)6-5-7(10)13(12-6)8(14)11-4/h5H,10H2,1-4H3,(H,11,14). The fourth-order valence-electron chi connectivity index (χ4n) is 1.03. The summed E-state index contributed by atoms with van der Waals surface area (Å²) in [5, 5.41) is 7.69. The van der Waals surface area contributed by atoms with Gasteiger partial charge in [-0.25, -0.2) is 0 Å². The van der Waals surface area contributed by atoms with Crippen molar-refractivity contribution in [3.05, 3.63) is 11.8 Å². The maximum Gasteiger partial charge on any atom is 0.195 e. The number of nitrogens with zero attached hydrogens (tertiary/aromatic N) is 2. The highest BCUT2D eigenvalue weighted by Gasteiger charge is 2.19. The molecule has 1 heterocycles. The quantitative estimate of drug-likeness (QED) is 0.633. The van der Waals surface area contributed by atoms with Crippen molar-refractivity contribution < 1.29 is 0 Å². The molecule has 0 saturated carbocycles. The molecule has 78 valence electrons. The molecule has 5 heteroatoms. The van der Waals surface area contributed by atoms with Crippen molar-refractivity contribution >= 4 is 23.1 Å². The van der Waals surface area contributed by atoms with Gasteiger partial charge in [-0.1, -0.05) is 20.8 Å². The molecular formula is C9H16N4S. The van der Waals surface area contributed by atoms with E-state index in [2.05, 4.69) is 31.2 Å². The summed E-state index contributed by atoms with van der Waals surface area (Å²) in [6, 6.07) is 1.85. The van der Waals surface area contributed by atoms with Crippen LogP contribution in [0.15, 0.2) is 6.07 Å². The van der Waals surface area contributed by atoms with Crippen LogP contribution in [0.4, 0.5) is 5.82 Å². The van der Waals surface area contributed by atoms with Crippen LogP contribution in [0.1, 0.15) is 26.5 Å². The minimum absolute atomic E-state index is 0.0112. The molecule has 1 aromatic heterocycles. The largest absolute Gasteiger partial charge is 0.383 e. The minimum Gasteiger partial charge on any atom is -0.383 e. The molecule has 0 amide bonds. The zero-order valence-corrected chi connectivity index (χ0v) is 9.77. The van der Waals surface area contributed by atoms with Crippen molar-refractivity contribution in [1.29, 1.82) is 0 Å². The van der Waals surface area contributed by atoms with Crippen LogP contribution in [0.5, 0.6) is 0 Å². The van der Waals surface area contributed by atoms with E-state index in [0.29, 0.717) is 10.9 Å². The first kappa shape index (κ1) is 11.0. The Kier molecular flexibility index (Phi) is 2.80. The van der Waals surface area contributed by atoms with Gasteiger partial charge in [0.2, 0.25) is 0 Å². The summed E-state index contributed by atoms with van der Waals surface area (Å²) < 4.78 is 1.54. The minimum atomic E-state index is -0.0112. The van der Waals surface area contributed by atoms with Crippen LogP contribution >= 0.6 is 12.2 Å². The maximum absolute atomic E-state index is 5.79. The van der Waals surface area contributed by atoms with Crippen molar-refractivity contribution in [2.45, 2.75) is 26.2 Å². The van der Waals surface area contributed by atoms with Gasteiger partial charge >= 0.3 is 0 Å². The Hall–Kier alpha value is -1.10. The van der Waals surface area contributed by atoms with Gasteiger partial charge in [0.25, 0.3) is 0 Å². The van der Waals surface area contributed by atoms with Gasteiger partial charge in [-0.15, -0.1) is 0 Å². The monoisotopic (exact) mass is 212 g/mol. The SMILES string of the molecule is CNC(=S)n1nc(C(C)(C)C)cc1N. The summed E-state index contributed by atoms with van der Waals surface area (Å²) in [6.45, 7) is 6.25. The second-order valence-electron chi connectivity index (χ2n) is 4.17. The third-order valence-corrected chi connectivity index (χ3v) is 2.29. The number of hydrogen-bond donors (Lipinski definition) is 2. The third-order valence-electron chi connectivity index (χ3n) is 1.91. The molecule has 3 N–H and O–H groups in total. The molecule has 14 heavy (non-hydrogen) atoms. The van der Waals surface area contributed by atoms with Gasteiger partial charge in [0.15, 0.2) is 5.11 Å². The molecule has 0 aliphatic rings. The third kappa shape index (κ3) is 2.04. The molecule has 0 aliphatic heterocycles. The molecule has 4 nitrogen and oxygen atoms in total. The Morgan fingerprint density at radius 1 is 1.57 bits per heavy atom. The van der Waals surface area contributed by atoms with Crippen LogP contribution < -0.4 is 11.1 Å². The number of aromatic nitrogens is 2. The van der Waals surface area contributed by atoms with E-state index in [0.717, 1.165) is 5.69 Å². The Bertz CT molecular complexity index is 348. The average molecular weight is 212 g/mol. The first-order valence-corrected chi connectivity index (χ1v) is 4.85. The lowest BCUT2D eigenvalue weighted by Gasteiger charge is -2.14. The summed E-state index contributed by atoms with van der Waals surface area (Å²) in [4.78, 5) is 0. The highest BCUT2D eigenvalue weighted by Crippen LogP contribution is 2.22. The molecule has 0 saturated heterocycles. The van der Waals surface area contributed by atoms with Gasteiger partial charge in [-0.2, -0.15) is 9.78 Å². The molecule has 0 aromatic carbocycles. The summed E-state index contributed by atoms with van der Waals surface area (Å²) in [7, 11) is 1.75. The lowest BCUT2D eigenvalue weighted by Crippen LogP contribution is -2.27. The second-order valence-corrected chi connectivity index (χ2v) is 4.56. The molecule has 0 radical (unpaired) electrons. The van der Waals surface area contributed by atoms with E-state index in [1.54, 1.807) is 7.05 Å². The van der Waals surface area contributed by atoms with E-state index in [1.807, 2.05) is 6.07 Å². The highest BCUT2D eigenvalue weighted by atomic mass is 32.1. The molecular weight excluding hydrogens is 196 g/mol. The number of nitrogen functional groups attached to an aromatic ring is 1. The zero-order valence-electron chi connectivity index (χ0n) is 8.96. The summed E-state index contributed by atoms with van der Waals surface area (Å²) >= 11 is 5.05. The van der Waals surface area contributed by atoms with E-state index in [9.17, 15) is 0 Å². The number of hydrogen-bond acceptors (Lipinski definition) is 3. The lowest BCUT2D eigenvalue weighted by molar-refractivity contribution is 0.562. The van der Waals surface area contributed by atoms with Crippen molar-refractivity contribution in [2.24, 2.45) is 0 Å². The van der Waals surface area contributed by atoms with Gasteiger partial charge < -0.3 is 11.1 Å². The van der Waals surface area contributed by atoms with Crippen LogP contribution in [-0.2, 0) is 5.41 Å². The van der Waals surface area contributed by atoms with Crippen LogP contribution in [0, 0.1) is 0 Å². The van der Waals surface area contributed by atoms with E-state index < -0.39 is 0 Å². The number of nitrogens with one attached hydrogen (secondary N) is 1. The molecule has 1 rings (SSSR count). The molecule has 0 bridgehead atoms. The second kappa shape index (κ2) is 3.57. The Morgan fingerprint density at radius 3 is 2.50 bits per heavy atom. The molecule has 0 unspecified atom stereocenters. The number of thiocarbonyl (C=S) groups is 1. The van der Waals surface area contributed by atoms with Crippen LogP contribution in [0.3, 0.4) is 0 Å². The molecule has 0 spiro atoms. The van der Waals surface area contributed by atoms with Gasteiger partial charge in [-0.3, -0.25) is 0 Å². The fraction of sp³-hybridized carbons (Fsp3) is 0.556. The first-order chi connectivity index (χ1) is 6.36. The Balaban J connectivity index is 3.12. The number of rotatable bonds is 0. The Morgan fingerprint density at radius 2 is 2.14 bits per heavy atom. The lowest BCUT2D eigenvalue weighted by atomic mass is 9.92. The van der Waals surface area contributed by atoms with Crippen molar-refractivity contribution in [1.82, 2.24) is 15.1 Å². The van der Waals surface area contributed by atoms with Crippen LogP contribution in [-0.4, -0.2) is 21.9 Å². The van der Waals surface area contributed by atoms with Gasteiger partial charge in [-0.05, 0) is 12.2 Å². The predicted molar refractivity (Wildman–Crippen MR) is 62.4 cm³/mol. The topological polar surface area (TPSA) is 55.9 Å².